The lowest BCUT2D eigenvalue weighted by molar-refractivity contribution is 0.0883. The van der Waals surface area contributed by atoms with Crippen LogP contribution in [0.5, 0.6) is 0 Å². The lowest BCUT2D eigenvalue weighted by Crippen LogP contribution is -2.39. The van der Waals surface area contributed by atoms with Gasteiger partial charge in [0.05, 0.1) is 12.7 Å². The second kappa shape index (κ2) is 6.46. The van der Waals surface area contributed by atoms with Crippen molar-refractivity contribution < 1.29 is 14.2 Å². The van der Waals surface area contributed by atoms with Gasteiger partial charge in [0.1, 0.15) is 5.82 Å². The van der Waals surface area contributed by atoms with E-state index in [1.165, 1.54) is 12.1 Å². The van der Waals surface area contributed by atoms with E-state index in [9.17, 15) is 9.50 Å². The highest BCUT2D eigenvalue weighted by atomic mass is 19.1. The molecule has 1 aliphatic heterocycles. The van der Waals surface area contributed by atoms with E-state index < -0.39 is 5.41 Å². The first-order valence-electron chi connectivity index (χ1n) is 6.89. The Bertz CT molecular complexity index is 384. The van der Waals surface area contributed by atoms with Crippen molar-refractivity contribution >= 4 is 0 Å². The fourth-order valence-electron chi connectivity index (χ4n) is 2.71. The summed E-state index contributed by atoms with van der Waals surface area (Å²) in [6.45, 7) is 1.15. The van der Waals surface area contributed by atoms with Crippen molar-refractivity contribution in [3.8, 4) is 0 Å². The Hall–Kier alpha value is -0.970. The molecule has 19 heavy (non-hydrogen) atoms. The Kier molecular flexibility index (Phi) is 4.91. The van der Waals surface area contributed by atoms with Crippen LogP contribution in [0.2, 0.25) is 0 Å². The smallest absolute Gasteiger partial charge is 0.123 e. The minimum Gasteiger partial charge on any atom is -0.395 e. The summed E-state index contributed by atoms with van der Waals surface area (Å²) in [6, 6.07) is 6.27. The molecule has 0 saturated carbocycles. The molecule has 1 aromatic rings. The molecule has 3 N–H and O–H groups in total. The molecule has 0 amide bonds. The maximum atomic E-state index is 13.0. The Morgan fingerprint density at radius 2 is 2.11 bits per heavy atom. The molecule has 2 rings (SSSR count). The minimum atomic E-state index is -0.486. The molecule has 0 aromatic heterocycles. The van der Waals surface area contributed by atoms with Crippen molar-refractivity contribution in [3.63, 3.8) is 0 Å². The molecular formula is C15H22FNO2. The molecule has 1 heterocycles. The second-order valence-corrected chi connectivity index (χ2v) is 5.32. The Balaban J connectivity index is 2.09. The topological polar surface area (TPSA) is 55.5 Å². The molecule has 1 aromatic carbocycles. The quantitative estimate of drug-likeness (QED) is 0.828. The van der Waals surface area contributed by atoms with Gasteiger partial charge in [-0.15, -0.1) is 0 Å². The largest absolute Gasteiger partial charge is 0.395 e. The Labute approximate surface area is 113 Å². The highest BCUT2D eigenvalue weighted by Crippen LogP contribution is 2.31. The molecule has 4 heteroatoms. The number of aliphatic hydroxyl groups is 1. The van der Waals surface area contributed by atoms with Gasteiger partial charge >= 0.3 is 0 Å². The van der Waals surface area contributed by atoms with Gasteiger partial charge in [-0.1, -0.05) is 12.1 Å². The molecule has 3 nitrogen and oxygen atoms in total. The third-order valence-corrected chi connectivity index (χ3v) is 4.12. The van der Waals surface area contributed by atoms with Gasteiger partial charge in [-0.05, 0) is 43.4 Å². The number of halogens is 1. The zero-order valence-corrected chi connectivity index (χ0v) is 11.1. The summed E-state index contributed by atoms with van der Waals surface area (Å²) in [5.74, 6) is -0.272. The van der Waals surface area contributed by atoms with Gasteiger partial charge in [0.15, 0.2) is 0 Å². The zero-order valence-electron chi connectivity index (χ0n) is 11.1. The molecular weight excluding hydrogens is 245 g/mol. The number of ether oxygens (including phenoxy) is 1. The first-order valence-corrected chi connectivity index (χ1v) is 6.89. The standard InChI is InChI=1S/C15H22FNO2/c16-13-5-3-12(4-6-13)15(10-17,11-18)8-7-14-2-1-9-19-14/h3-6,14,18H,1-2,7-11,17H2. The van der Waals surface area contributed by atoms with Gasteiger partial charge in [-0.2, -0.15) is 0 Å². The summed E-state index contributed by atoms with van der Waals surface area (Å²) in [6.07, 6.45) is 4.11. The predicted octanol–water partition coefficient (Wildman–Crippen LogP) is 1.97. The maximum Gasteiger partial charge on any atom is 0.123 e. The van der Waals surface area contributed by atoms with Gasteiger partial charge in [0.25, 0.3) is 0 Å². The first-order chi connectivity index (χ1) is 9.20. The molecule has 1 saturated heterocycles. The number of nitrogens with two attached hydrogens (primary N) is 1. The van der Waals surface area contributed by atoms with Crippen molar-refractivity contribution in [2.45, 2.75) is 37.2 Å². The summed E-state index contributed by atoms with van der Waals surface area (Å²) in [5, 5.41) is 9.76. The van der Waals surface area contributed by atoms with Crippen LogP contribution >= 0.6 is 0 Å². The van der Waals surface area contributed by atoms with E-state index in [4.69, 9.17) is 10.5 Å². The van der Waals surface area contributed by atoms with Crippen molar-refractivity contribution in [2.24, 2.45) is 5.73 Å². The molecule has 1 fully saturated rings. The fourth-order valence-corrected chi connectivity index (χ4v) is 2.71. The van der Waals surface area contributed by atoms with Crippen LogP contribution in [0.25, 0.3) is 0 Å². The Morgan fingerprint density at radius 1 is 1.37 bits per heavy atom. The zero-order chi connectivity index (χ0) is 13.7. The molecule has 1 aliphatic rings. The van der Waals surface area contributed by atoms with E-state index in [1.807, 2.05) is 0 Å². The highest BCUT2D eigenvalue weighted by molar-refractivity contribution is 5.26. The summed E-state index contributed by atoms with van der Waals surface area (Å²) < 4.78 is 18.6. The molecule has 106 valence electrons. The van der Waals surface area contributed by atoms with Gasteiger partial charge in [-0.3, -0.25) is 0 Å². The van der Waals surface area contributed by atoms with Crippen LogP contribution in [0.4, 0.5) is 4.39 Å². The average molecular weight is 267 g/mol. The lowest BCUT2D eigenvalue weighted by atomic mass is 9.76. The van der Waals surface area contributed by atoms with Crippen LogP contribution in [-0.2, 0) is 10.2 Å². The van der Waals surface area contributed by atoms with Crippen molar-refractivity contribution in [1.29, 1.82) is 0 Å². The summed E-state index contributed by atoms with van der Waals surface area (Å²) in [7, 11) is 0. The van der Waals surface area contributed by atoms with Gasteiger partial charge < -0.3 is 15.6 Å². The molecule has 0 aliphatic carbocycles. The highest BCUT2D eigenvalue weighted by Gasteiger charge is 2.31. The van der Waals surface area contributed by atoms with Crippen LogP contribution in [-0.4, -0.2) is 31.0 Å². The third-order valence-electron chi connectivity index (χ3n) is 4.12. The van der Waals surface area contributed by atoms with Crippen LogP contribution in [0.3, 0.4) is 0 Å². The minimum absolute atomic E-state index is 0.0259. The summed E-state index contributed by atoms with van der Waals surface area (Å²) >= 11 is 0. The molecule has 0 radical (unpaired) electrons. The number of hydrogen-bond acceptors (Lipinski definition) is 3. The average Bonchev–Trinajstić information content (AvgIpc) is 2.95. The second-order valence-electron chi connectivity index (χ2n) is 5.32. The van der Waals surface area contributed by atoms with E-state index in [0.717, 1.165) is 37.9 Å². The van der Waals surface area contributed by atoms with Crippen LogP contribution in [0.15, 0.2) is 24.3 Å². The third kappa shape index (κ3) is 3.32. The fraction of sp³-hybridized carbons (Fsp3) is 0.600. The van der Waals surface area contributed by atoms with Crippen LogP contribution < -0.4 is 5.73 Å². The molecule has 2 unspecified atom stereocenters. The number of hydrogen-bond donors (Lipinski definition) is 2. The predicted molar refractivity (Wildman–Crippen MR) is 72.4 cm³/mol. The van der Waals surface area contributed by atoms with Crippen molar-refractivity contribution in [3.05, 3.63) is 35.6 Å². The normalized spacial score (nSPS) is 22.4. The Morgan fingerprint density at radius 3 is 2.63 bits per heavy atom. The van der Waals surface area contributed by atoms with Crippen LogP contribution in [0.1, 0.15) is 31.2 Å². The number of rotatable bonds is 6. The first kappa shape index (κ1) is 14.4. The van der Waals surface area contributed by atoms with E-state index >= 15 is 0 Å². The van der Waals surface area contributed by atoms with E-state index in [1.54, 1.807) is 12.1 Å². The summed E-state index contributed by atoms with van der Waals surface area (Å²) in [5.41, 5.74) is 6.29. The van der Waals surface area contributed by atoms with Crippen molar-refractivity contribution in [2.75, 3.05) is 19.8 Å². The monoisotopic (exact) mass is 267 g/mol. The van der Waals surface area contributed by atoms with Gasteiger partial charge in [0.2, 0.25) is 0 Å². The number of aliphatic hydroxyl groups excluding tert-OH is 1. The van der Waals surface area contributed by atoms with Crippen LogP contribution in [0, 0.1) is 5.82 Å². The molecule has 0 spiro atoms. The SMILES string of the molecule is NCC(CO)(CCC1CCCO1)c1ccc(F)cc1. The molecule has 2 atom stereocenters. The van der Waals surface area contributed by atoms with Gasteiger partial charge in [0, 0.05) is 18.6 Å². The van der Waals surface area contributed by atoms with Crippen molar-refractivity contribution in [1.82, 2.24) is 0 Å². The summed E-state index contributed by atoms with van der Waals surface area (Å²) in [4.78, 5) is 0. The van der Waals surface area contributed by atoms with E-state index in [-0.39, 0.29) is 18.5 Å². The maximum absolute atomic E-state index is 13.0. The van der Waals surface area contributed by atoms with E-state index in [2.05, 4.69) is 0 Å². The molecule has 0 bridgehead atoms. The van der Waals surface area contributed by atoms with Gasteiger partial charge in [-0.25, -0.2) is 4.39 Å². The number of benzene rings is 1. The van der Waals surface area contributed by atoms with E-state index in [0.29, 0.717) is 6.54 Å². The lowest BCUT2D eigenvalue weighted by Gasteiger charge is -2.32.